The molecular formula is C17H19N5O3S. The van der Waals surface area contributed by atoms with Crippen molar-refractivity contribution in [1.82, 2.24) is 14.1 Å². The van der Waals surface area contributed by atoms with E-state index < -0.39 is 16.2 Å². The van der Waals surface area contributed by atoms with Crippen LogP contribution in [0.1, 0.15) is 11.1 Å². The van der Waals surface area contributed by atoms with Crippen LogP contribution in [-0.2, 0) is 10.2 Å². The average Bonchev–Trinajstić information content (AvgIpc) is 2.65. The van der Waals surface area contributed by atoms with Crippen molar-refractivity contribution in [2.75, 3.05) is 14.1 Å². The molecule has 0 radical (unpaired) electrons. The number of hydrogen-bond donors (Lipinski definition) is 1. The summed E-state index contributed by atoms with van der Waals surface area (Å²) in [5.41, 5.74) is 1.50. The standard InChI is InChI=1S/C17H19N5O3S/c1-21(18-13-15-9-5-3-6-10-15)17(23)20-26(24,25)22(2)19-14-16-11-7-4-8-12-16/h3-14H,1-2H3,(H,20,23)/b18-13+,19-14+. The summed E-state index contributed by atoms with van der Waals surface area (Å²) in [4.78, 5) is 12.0. The zero-order chi connectivity index (χ0) is 19.0. The summed E-state index contributed by atoms with van der Waals surface area (Å²) in [5, 5.41) is 8.62. The highest BCUT2D eigenvalue weighted by Crippen LogP contribution is 2.00. The molecule has 0 atom stereocenters. The molecule has 2 rings (SSSR count). The number of amides is 2. The molecule has 26 heavy (non-hydrogen) atoms. The number of carbonyl (C=O) groups is 1. The number of nitrogens with zero attached hydrogens (tertiary/aromatic N) is 4. The largest absolute Gasteiger partial charge is 0.352 e. The SMILES string of the molecule is CN(/N=C/c1ccccc1)C(=O)NS(=O)(=O)N(C)/N=C/c1ccccc1. The number of nitrogens with one attached hydrogen (secondary N) is 1. The minimum absolute atomic E-state index is 0.673. The molecule has 2 aromatic rings. The van der Waals surface area contributed by atoms with Crippen molar-refractivity contribution in [3.05, 3.63) is 71.8 Å². The van der Waals surface area contributed by atoms with Crippen molar-refractivity contribution in [1.29, 1.82) is 0 Å². The molecule has 8 nitrogen and oxygen atoms in total. The summed E-state index contributed by atoms with van der Waals surface area (Å²) in [6, 6.07) is 17.2. The van der Waals surface area contributed by atoms with Crippen LogP contribution in [0.4, 0.5) is 4.79 Å². The van der Waals surface area contributed by atoms with Gasteiger partial charge in [0.1, 0.15) is 0 Å². The third kappa shape index (κ3) is 5.71. The second kappa shape index (κ2) is 8.77. The van der Waals surface area contributed by atoms with Gasteiger partial charge in [0.2, 0.25) is 0 Å². The van der Waals surface area contributed by atoms with Crippen LogP contribution in [0.3, 0.4) is 0 Å². The van der Waals surface area contributed by atoms with Crippen molar-refractivity contribution in [2.45, 2.75) is 0 Å². The second-order valence-electron chi connectivity index (χ2n) is 5.18. The van der Waals surface area contributed by atoms with Gasteiger partial charge in [0.15, 0.2) is 0 Å². The van der Waals surface area contributed by atoms with Crippen molar-refractivity contribution < 1.29 is 13.2 Å². The van der Waals surface area contributed by atoms with Gasteiger partial charge >= 0.3 is 16.2 Å². The Bertz CT molecular complexity index is 883. The first-order valence-electron chi connectivity index (χ1n) is 7.61. The van der Waals surface area contributed by atoms with Gasteiger partial charge in [-0.1, -0.05) is 60.7 Å². The molecule has 0 spiro atoms. The van der Waals surface area contributed by atoms with Gasteiger partial charge in [-0.15, -0.1) is 0 Å². The Balaban J connectivity index is 1.97. The van der Waals surface area contributed by atoms with Crippen molar-refractivity contribution in [2.24, 2.45) is 10.2 Å². The molecule has 136 valence electrons. The highest BCUT2D eigenvalue weighted by molar-refractivity contribution is 7.87. The third-order valence-electron chi connectivity index (χ3n) is 3.21. The molecule has 0 saturated carbocycles. The van der Waals surface area contributed by atoms with Crippen molar-refractivity contribution in [3.8, 4) is 0 Å². The summed E-state index contributed by atoms with van der Waals surface area (Å²) >= 11 is 0. The Morgan fingerprint density at radius 2 is 1.35 bits per heavy atom. The van der Waals surface area contributed by atoms with E-state index in [1.54, 1.807) is 36.4 Å². The summed E-state index contributed by atoms with van der Waals surface area (Å²) in [6.07, 6.45) is 2.82. The van der Waals surface area contributed by atoms with E-state index in [1.165, 1.54) is 26.5 Å². The summed E-state index contributed by atoms with van der Waals surface area (Å²) in [6.45, 7) is 0. The van der Waals surface area contributed by atoms with Gasteiger partial charge < -0.3 is 0 Å². The number of hydrazone groups is 2. The lowest BCUT2D eigenvalue weighted by Gasteiger charge is -2.17. The average molecular weight is 373 g/mol. The minimum Gasteiger partial charge on any atom is -0.245 e. The molecule has 0 aromatic heterocycles. The van der Waals surface area contributed by atoms with Crippen LogP contribution in [0.15, 0.2) is 70.9 Å². The van der Waals surface area contributed by atoms with Gasteiger partial charge in [-0.05, 0) is 11.1 Å². The Hall–Kier alpha value is -3.20. The Labute approximate surface area is 152 Å². The summed E-state index contributed by atoms with van der Waals surface area (Å²) < 4.78 is 26.8. The van der Waals surface area contributed by atoms with Crippen LogP contribution in [0.5, 0.6) is 0 Å². The number of rotatable bonds is 6. The normalized spacial score (nSPS) is 11.6. The Kier molecular flexibility index (Phi) is 6.45. The fourth-order valence-corrected chi connectivity index (χ4v) is 2.39. The first-order chi connectivity index (χ1) is 12.4. The Morgan fingerprint density at radius 1 is 0.885 bits per heavy atom. The number of hydrogen-bond acceptors (Lipinski definition) is 5. The molecule has 0 fully saturated rings. The molecule has 0 bridgehead atoms. The molecule has 1 N–H and O–H groups in total. The van der Waals surface area contributed by atoms with E-state index in [0.29, 0.717) is 4.41 Å². The van der Waals surface area contributed by atoms with Gasteiger partial charge in [0.25, 0.3) is 0 Å². The lowest BCUT2D eigenvalue weighted by molar-refractivity contribution is 0.216. The number of carbonyl (C=O) groups excluding carboxylic acids is 1. The summed E-state index contributed by atoms with van der Waals surface area (Å²) in [5.74, 6) is 0. The van der Waals surface area contributed by atoms with Crippen LogP contribution < -0.4 is 4.72 Å². The monoisotopic (exact) mass is 373 g/mol. The van der Waals surface area contributed by atoms with Gasteiger partial charge in [0.05, 0.1) is 12.4 Å². The van der Waals surface area contributed by atoms with Crippen LogP contribution in [0, 0.1) is 0 Å². The van der Waals surface area contributed by atoms with Crippen molar-refractivity contribution >= 4 is 28.7 Å². The first kappa shape index (κ1) is 19.1. The van der Waals surface area contributed by atoms with Crippen LogP contribution in [-0.4, -0.2) is 50.4 Å². The zero-order valence-electron chi connectivity index (χ0n) is 14.4. The van der Waals surface area contributed by atoms with Gasteiger partial charge in [0, 0.05) is 14.1 Å². The van der Waals surface area contributed by atoms with Crippen LogP contribution in [0.25, 0.3) is 0 Å². The summed E-state index contributed by atoms with van der Waals surface area (Å²) in [7, 11) is -1.57. The fourth-order valence-electron chi connectivity index (χ4n) is 1.74. The quantitative estimate of drug-likeness (QED) is 0.619. The van der Waals surface area contributed by atoms with E-state index in [2.05, 4.69) is 10.2 Å². The molecule has 0 saturated heterocycles. The molecule has 0 unspecified atom stereocenters. The molecule has 9 heteroatoms. The van der Waals surface area contributed by atoms with Gasteiger partial charge in [-0.3, -0.25) is 0 Å². The second-order valence-corrected chi connectivity index (χ2v) is 6.86. The topological polar surface area (TPSA) is 94.4 Å². The smallest absolute Gasteiger partial charge is 0.245 e. The van der Waals surface area contributed by atoms with E-state index >= 15 is 0 Å². The predicted octanol–water partition coefficient (Wildman–Crippen LogP) is 1.87. The maximum absolute atomic E-state index is 12.1. The molecule has 2 amide bonds. The number of urea groups is 1. The molecule has 2 aromatic carbocycles. The molecule has 0 aliphatic heterocycles. The van der Waals surface area contributed by atoms with E-state index in [1.807, 2.05) is 29.0 Å². The molecule has 0 aliphatic carbocycles. The molecule has 0 heterocycles. The Morgan fingerprint density at radius 3 is 1.85 bits per heavy atom. The minimum atomic E-state index is -4.14. The highest BCUT2D eigenvalue weighted by Gasteiger charge is 2.21. The maximum Gasteiger partial charge on any atom is 0.352 e. The lowest BCUT2D eigenvalue weighted by Crippen LogP contribution is -2.43. The number of benzene rings is 2. The van der Waals surface area contributed by atoms with Crippen LogP contribution in [0.2, 0.25) is 0 Å². The molecular weight excluding hydrogens is 354 g/mol. The van der Waals surface area contributed by atoms with E-state index in [9.17, 15) is 13.2 Å². The maximum atomic E-state index is 12.1. The highest BCUT2D eigenvalue weighted by atomic mass is 32.2. The fraction of sp³-hybridized carbons (Fsp3) is 0.118. The lowest BCUT2D eigenvalue weighted by atomic mass is 10.2. The first-order valence-corrected chi connectivity index (χ1v) is 9.05. The zero-order valence-corrected chi connectivity index (χ0v) is 15.2. The molecule has 0 aliphatic rings. The van der Waals surface area contributed by atoms with Crippen molar-refractivity contribution in [3.63, 3.8) is 0 Å². The van der Waals surface area contributed by atoms with Gasteiger partial charge in [-0.2, -0.15) is 23.0 Å². The predicted molar refractivity (Wildman–Crippen MR) is 101 cm³/mol. The van der Waals surface area contributed by atoms with Gasteiger partial charge in [-0.25, -0.2) is 14.5 Å². The third-order valence-corrected chi connectivity index (χ3v) is 4.43. The van der Waals surface area contributed by atoms with E-state index in [0.717, 1.165) is 16.1 Å². The van der Waals surface area contributed by atoms with Crippen LogP contribution >= 0.6 is 0 Å². The van der Waals surface area contributed by atoms with E-state index in [4.69, 9.17) is 0 Å². The van der Waals surface area contributed by atoms with E-state index in [-0.39, 0.29) is 0 Å².